The topological polar surface area (TPSA) is 29.5 Å². The molecule has 1 aliphatic heterocycles. The SMILES string of the molecule is O=C(CCc1ccccc1)N1CCCC(OCc2ccc(Br)cc2)C1. The maximum Gasteiger partial charge on any atom is 0.222 e. The van der Waals surface area contributed by atoms with E-state index in [1.807, 2.05) is 35.2 Å². The van der Waals surface area contributed by atoms with Gasteiger partial charge in [0.2, 0.25) is 5.91 Å². The fraction of sp³-hybridized carbons (Fsp3) is 0.381. The van der Waals surface area contributed by atoms with E-state index in [4.69, 9.17) is 4.74 Å². The van der Waals surface area contributed by atoms with Gasteiger partial charge in [0.05, 0.1) is 12.7 Å². The van der Waals surface area contributed by atoms with Gasteiger partial charge in [0.1, 0.15) is 0 Å². The summed E-state index contributed by atoms with van der Waals surface area (Å²) in [5, 5.41) is 0. The number of rotatable bonds is 6. The Hall–Kier alpha value is -1.65. The zero-order valence-corrected chi connectivity index (χ0v) is 16.0. The molecule has 1 atom stereocenters. The predicted octanol–water partition coefficient (Wildman–Crippen LogP) is 4.59. The lowest BCUT2D eigenvalue weighted by molar-refractivity contribution is -0.135. The van der Waals surface area contributed by atoms with Crippen LogP contribution >= 0.6 is 15.9 Å². The van der Waals surface area contributed by atoms with Crippen LogP contribution in [0.4, 0.5) is 0 Å². The van der Waals surface area contributed by atoms with Crippen LogP contribution in [0.2, 0.25) is 0 Å². The third-order valence-electron chi connectivity index (χ3n) is 4.60. The Morgan fingerprint density at radius 3 is 2.60 bits per heavy atom. The molecule has 0 saturated carbocycles. The second-order valence-electron chi connectivity index (χ2n) is 6.53. The smallest absolute Gasteiger partial charge is 0.222 e. The molecule has 0 aliphatic carbocycles. The number of hydrogen-bond acceptors (Lipinski definition) is 2. The van der Waals surface area contributed by atoms with Gasteiger partial charge in [0.15, 0.2) is 0 Å². The summed E-state index contributed by atoms with van der Waals surface area (Å²) >= 11 is 3.44. The zero-order valence-electron chi connectivity index (χ0n) is 14.4. The maximum absolute atomic E-state index is 12.5. The molecular formula is C21H24BrNO2. The Kier molecular flexibility index (Phi) is 6.65. The number of aryl methyl sites for hydroxylation is 1. The van der Waals surface area contributed by atoms with Gasteiger partial charge in [0, 0.05) is 24.0 Å². The number of piperidine rings is 1. The van der Waals surface area contributed by atoms with Crippen molar-refractivity contribution in [2.24, 2.45) is 0 Å². The average molecular weight is 402 g/mol. The quantitative estimate of drug-likeness (QED) is 0.708. The van der Waals surface area contributed by atoms with Crippen molar-refractivity contribution in [1.82, 2.24) is 4.90 Å². The van der Waals surface area contributed by atoms with E-state index in [1.54, 1.807) is 0 Å². The molecule has 1 fully saturated rings. The number of benzene rings is 2. The van der Waals surface area contributed by atoms with Crippen molar-refractivity contribution in [2.45, 2.75) is 38.4 Å². The second kappa shape index (κ2) is 9.16. The molecule has 0 aromatic heterocycles. The minimum Gasteiger partial charge on any atom is -0.372 e. The van der Waals surface area contributed by atoms with Crippen LogP contribution in [0.1, 0.15) is 30.4 Å². The first-order chi connectivity index (χ1) is 12.2. The van der Waals surface area contributed by atoms with Crippen LogP contribution in [0.3, 0.4) is 0 Å². The van der Waals surface area contributed by atoms with Crippen LogP contribution in [0.15, 0.2) is 59.1 Å². The lowest BCUT2D eigenvalue weighted by Gasteiger charge is -2.33. The van der Waals surface area contributed by atoms with E-state index in [9.17, 15) is 4.79 Å². The van der Waals surface area contributed by atoms with E-state index in [1.165, 1.54) is 5.56 Å². The number of ether oxygens (including phenoxy) is 1. The molecule has 3 rings (SSSR count). The molecule has 1 heterocycles. The van der Waals surface area contributed by atoms with Gasteiger partial charge >= 0.3 is 0 Å². The number of carbonyl (C=O) groups excluding carboxylic acids is 1. The van der Waals surface area contributed by atoms with Gasteiger partial charge in [-0.1, -0.05) is 58.4 Å². The van der Waals surface area contributed by atoms with Gasteiger partial charge in [-0.05, 0) is 42.5 Å². The van der Waals surface area contributed by atoms with Crippen LogP contribution in [0.25, 0.3) is 0 Å². The Labute approximate surface area is 158 Å². The average Bonchev–Trinajstić information content (AvgIpc) is 2.67. The fourth-order valence-electron chi connectivity index (χ4n) is 3.15. The van der Waals surface area contributed by atoms with Crippen LogP contribution in [-0.4, -0.2) is 30.0 Å². The lowest BCUT2D eigenvalue weighted by Crippen LogP contribution is -2.43. The molecule has 0 N–H and O–H groups in total. The van der Waals surface area contributed by atoms with E-state index in [0.29, 0.717) is 19.6 Å². The molecule has 0 spiro atoms. The van der Waals surface area contributed by atoms with E-state index in [0.717, 1.165) is 35.8 Å². The Morgan fingerprint density at radius 2 is 1.84 bits per heavy atom. The van der Waals surface area contributed by atoms with Crippen LogP contribution in [0, 0.1) is 0 Å². The summed E-state index contributed by atoms with van der Waals surface area (Å²) < 4.78 is 7.12. The molecule has 2 aromatic carbocycles. The predicted molar refractivity (Wildman–Crippen MR) is 103 cm³/mol. The maximum atomic E-state index is 12.5. The molecule has 1 saturated heterocycles. The lowest BCUT2D eigenvalue weighted by atomic mass is 10.1. The number of likely N-dealkylation sites (tertiary alicyclic amines) is 1. The van der Waals surface area contributed by atoms with E-state index < -0.39 is 0 Å². The monoisotopic (exact) mass is 401 g/mol. The summed E-state index contributed by atoms with van der Waals surface area (Å²) in [5.74, 6) is 0.237. The molecular weight excluding hydrogens is 378 g/mol. The van der Waals surface area contributed by atoms with Crippen LogP contribution in [-0.2, 0) is 22.6 Å². The first kappa shape index (κ1) is 18.2. The molecule has 3 nitrogen and oxygen atoms in total. The van der Waals surface area contributed by atoms with Crippen molar-refractivity contribution in [3.8, 4) is 0 Å². The highest BCUT2D eigenvalue weighted by molar-refractivity contribution is 9.10. The summed E-state index contributed by atoms with van der Waals surface area (Å²) in [4.78, 5) is 14.5. The van der Waals surface area contributed by atoms with Gasteiger partial charge in [0.25, 0.3) is 0 Å². The second-order valence-corrected chi connectivity index (χ2v) is 7.44. The van der Waals surface area contributed by atoms with Crippen molar-refractivity contribution >= 4 is 21.8 Å². The minimum atomic E-state index is 0.137. The van der Waals surface area contributed by atoms with Crippen molar-refractivity contribution in [1.29, 1.82) is 0 Å². The Bertz CT molecular complexity index is 672. The highest BCUT2D eigenvalue weighted by Crippen LogP contribution is 2.18. The van der Waals surface area contributed by atoms with Crippen molar-refractivity contribution < 1.29 is 9.53 Å². The van der Waals surface area contributed by atoms with Gasteiger partial charge in [-0.3, -0.25) is 4.79 Å². The third kappa shape index (κ3) is 5.68. The summed E-state index contributed by atoms with van der Waals surface area (Å²) in [7, 11) is 0. The standard InChI is InChI=1S/C21H24BrNO2/c22-19-11-8-18(9-12-19)16-25-20-7-4-14-23(15-20)21(24)13-10-17-5-2-1-3-6-17/h1-3,5-6,8-9,11-12,20H,4,7,10,13-16H2. The third-order valence-corrected chi connectivity index (χ3v) is 5.13. The van der Waals surface area contributed by atoms with Crippen LogP contribution < -0.4 is 0 Å². The van der Waals surface area contributed by atoms with Crippen molar-refractivity contribution in [3.63, 3.8) is 0 Å². The normalized spacial score (nSPS) is 17.5. The van der Waals surface area contributed by atoms with Crippen LogP contribution in [0.5, 0.6) is 0 Å². The highest BCUT2D eigenvalue weighted by Gasteiger charge is 2.23. The minimum absolute atomic E-state index is 0.137. The summed E-state index contributed by atoms with van der Waals surface area (Å²) in [5.41, 5.74) is 2.38. The van der Waals surface area contributed by atoms with E-state index in [-0.39, 0.29) is 12.0 Å². The number of nitrogens with zero attached hydrogens (tertiary/aromatic N) is 1. The van der Waals surface area contributed by atoms with Gasteiger partial charge in [-0.25, -0.2) is 0 Å². The number of amides is 1. The first-order valence-corrected chi connectivity index (χ1v) is 9.68. The first-order valence-electron chi connectivity index (χ1n) is 8.88. The molecule has 1 amide bonds. The summed E-state index contributed by atoms with van der Waals surface area (Å²) in [6, 6.07) is 18.4. The van der Waals surface area contributed by atoms with E-state index in [2.05, 4.69) is 40.2 Å². The van der Waals surface area contributed by atoms with Gasteiger partial charge in [-0.15, -0.1) is 0 Å². The highest BCUT2D eigenvalue weighted by atomic mass is 79.9. The van der Waals surface area contributed by atoms with Crippen molar-refractivity contribution in [2.75, 3.05) is 13.1 Å². The zero-order chi connectivity index (χ0) is 17.5. The molecule has 0 radical (unpaired) electrons. The molecule has 4 heteroatoms. The number of halogens is 1. The Balaban J connectivity index is 1.45. The van der Waals surface area contributed by atoms with Gasteiger partial charge in [-0.2, -0.15) is 0 Å². The Morgan fingerprint density at radius 1 is 1.08 bits per heavy atom. The molecule has 2 aromatic rings. The molecule has 132 valence electrons. The molecule has 1 aliphatic rings. The summed E-state index contributed by atoms with van der Waals surface area (Å²) in [6.45, 7) is 2.17. The largest absolute Gasteiger partial charge is 0.372 e. The van der Waals surface area contributed by atoms with Crippen molar-refractivity contribution in [3.05, 3.63) is 70.2 Å². The van der Waals surface area contributed by atoms with E-state index >= 15 is 0 Å². The molecule has 0 bridgehead atoms. The number of carbonyl (C=O) groups is 1. The number of hydrogen-bond donors (Lipinski definition) is 0. The molecule has 1 unspecified atom stereocenters. The summed E-state index contributed by atoms with van der Waals surface area (Å²) in [6.07, 6.45) is 3.56. The fourth-order valence-corrected chi connectivity index (χ4v) is 3.41. The molecule has 25 heavy (non-hydrogen) atoms. The van der Waals surface area contributed by atoms with Gasteiger partial charge < -0.3 is 9.64 Å².